The molecule has 28 N–H and O–H groups in total. The molecule has 41 nitrogen and oxygen atoms in total. The van der Waals surface area contributed by atoms with Crippen molar-refractivity contribution in [3.63, 3.8) is 0 Å². The van der Waals surface area contributed by atoms with Crippen molar-refractivity contribution in [3.05, 3.63) is 59.7 Å². The van der Waals surface area contributed by atoms with Crippen LogP contribution < -0.4 is 92.9 Å². The van der Waals surface area contributed by atoms with Gasteiger partial charge in [-0.15, -0.1) is 0 Å². The number of unbranched alkanes of at least 4 members (excludes halogenated alkanes) is 1. The normalized spacial score (nSPS) is 18.4. The number of benzene rings is 2. The molecule has 2 aromatic carbocycles. The van der Waals surface area contributed by atoms with Gasteiger partial charge in [-0.25, -0.2) is 4.79 Å². The van der Waals surface area contributed by atoms with E-state index in [4.69, 9.17) is 34.4 Å². The summed E-state index contributed by atoms with van der Waals surface area (Å²) in [5.74, 6) is -16.2. The van der Waals surface area contributed by atoms with Crippen LogP contribution in [0.4, 0.5) is 0 Å². The van der Waals surface area contributed by atoms with E-state index in [0.717, 1.165) is 0 Å². The highest BCUT2D eigenvalue weighted by molar-refractivity contribution is 6.01. The highest BCUT2D eigenvalue weighted by atomic mass is 16.4. The number of carboxylic acid groups (broad SMARTS) is 2. The van der Waals surface area contributed by atoms with Gasteiger partial charge >= 0.3 is 11.9 Å². The first-order chi connectivity index (χ1) is 56.3. The Morgan fingerprint density at radius 3 is 1.33 bits per heavy atom. The number of hydrogen-bond donors (Lipinski definition) is 22. The summed E-state index contributed by atoms with van der Waals surface area (Å²) in [5.41, 5.74) is 35.0. The van der Waals surface area contributed by atoms with Crippen LogP contribution in [0, 0.1) is 17.8 Å². The molecular weight excluding hydrogens is 1550 g/mol. The van der Waals surface area contributed by atoms with Crippen molar-refractivity contribution in [2.24, 2.45) is 62.1 Å². The molecule has 0 saturated carbocycles. The van der Waals surface area contributed by atoms with Crippen molar-refractivity contribution in [2.45, 2.75) is 261 Å². The Morgan fingerprint density at radius 2 is 0.874 bits per heavy atom. The Kier molecular flexibility index (Phi) is 40.4. The van der Waals surface area contributed by atoms with Crippen LogP contribution in [0.25, 0.3) is 0 Å². The molecule has 660 valence electrons. The number of carboxylic acids is 2. The molecule has 5 rings (SSSR count). The molecule has 3 aliphatic rings. The van der Waals surface area contributed by atoms with E-state index in [9.17, 15) is 87.9 Å². The number of guanidine groups is 2. The minimum Gasteiger partial charge on any atom is -0.508 e. The molecule has 0 aromatic heterocycles. The number of phenolic OH excluding ortho intramolecular Hbond substituents is 2. The van der Waals surface area contributed by atoms with Gasteiger partial charge in [0.25, 0.3) is 0 Å². The molecule has 15 atom stereocenters. The summed E-state index contributed by atoms with van der Waals surface area (Å²) < 4.78 is 0. The van der Waals surface area contributed by atoms with Crippen LogP contribution in [0.1, 0.15) is 175 Å². The van der Waals surface area contributed by atoms with Gasteiger partial charge in [-0.1, -0.05) is 72.2 Å². The van der Waals surface area contributed by atoms with Gasteiger partial charge < -0.3 is 123 Å². The summed E-state index contributed by atoms with van der Waals surface area (Å²) in [7, 11) is 0. The largest absolute Gasteiger partial charge is 0.508 e. The van der Waals surface area contributed by atoms with Gasteiger partial charge in [0.1, 0.15) is 90.2 Å². The minimum absolute atomic E-state index is 0.00681. The monoisotopic (exact) mass is 1670 g/mol. The zero-order valence-electron chi connectivity index (χ0n) is 68.4. The predicted octanol–water partition coefficient (Wildman–Crippen LogP) is -4.02. The second-order valence-electron chi connectivity index (χ2n) is 31.2. The molecule has 1 unspecified atom stereocenters. The lowest BCUT2D eigenvalue weighted by Gasteiger charge is -2.32. The first kappa shape index (κ1) is 98.1. The summed E-state index contributed by atoms with van der Waals surface area (Å²) in [6.07, 6.45) is -2.04. The first-order valence-corrected chi connectivity index (χ1v) is 40.5. The fraction of sp³-hybridized carbons (Fsp3) is 0.628. The van der Waals surface area contributed by atoms with Crippen LogP contribution in [0.5, 0.6) is 11.5 Å². The number of aliphatic carboxylic acids is 2. The number of hydrogen-bond acceptors (Lipinski definition) is 22. The zero-order chi connectivity index (χ0) is 88.3. The maximum atomic E-state index is 15.1. The topological polar surface area (TPSA) is 677 Å². The van der Waals surface area contributed by atoms with Crippen LogP contribution in [0.3, 0.4) is 0 Å². The van der Waals surface area contributed by atoms with E-state index >= 15 is 9.59 Å². The Labute approximate surface area is 690 Å². The van der Waals surface area contributed by atoms with Gasteiger partial charge in [0, 0.05) is 45.4 Å². The Bertz CT molecular complexity index is 3860. The van der Waals surface area contributed by atoms with Crippen LogP contribution in [0.15, 0.2) is 58.5 Å². The van der Waals surface area contributed by atoms with E-state index in [1.165, 1.54) is 58.3 Å². The second-order valence-corrected chi connectivity index (χ2v) is 31.2. The highest BCUT2D eigenvalue weighted by Gasteiger charge is 2.44. The van der Waals surface area contributed by atoms with Crippen molar-refractivity contribution in [2.75, 3.05) is 32.7 Å². The van der Waals surface area contributed by atoms with Gasteiger partial charge in [-0.3, -0.25) is 82.4 Å². The van der Waals surface area contributed by atoms with Gasteiger partial charge in [0.15, 0.2) is 11.9 Å². The van der Waals surface area contributed by atoms with Crippen molar-refractivity contribution >= 4 is 101 Å². The molecule has 3 fully saturated rings. The maximum absolute atomic E-state index is 15.1. The maximum Gasteiger partial charge on any atom is 0.326 e. The van der Waals surface area contributed by atoms with Crippen molar-refractivity contribution in [1.29, 1.82) is 0 Å². The number of amides is 13. The van der Waals surface area contributed by atoms with Crippen molar-refractivity contribution in [1.82, 2.24) is 68.3 Å². The third kappa shape index (κ3) is 33.1. The molecule has 41 heteroatoms. The van der Waals surface area contributed by atoms with E-state index in [0.29, 0.717) is 24.0 Å². The van der Waals surface area contributed by atoms with E-state index in [-0.39, 0.29) is 171 Å². The molecule has 0 bridgehead atoms. The van der Waals surface area contributed by atoms with Crippen molar-refractivity contribution in [3.8, 4) is 11.5 Å². The second kappa shape index (κ2) is 49.0. The fourth-order valence-corrected chi connectivity index (χ4v) is 14.1. The highest BCUT2D eigenvalue weighted by Crippen LogP contribution is 2.25. The fourth-order valence-electron chi connectivity index (χ4n) is 14.1. The number of nitrogens with zero attached hydrogens (tertiary/aromatic N) is 4. The molecule has 13 amide bonds. The molecule has 0 radical (unpaired) electrons. The zero-order valence-corrected chi connectivity index (χ0v) is 68.4. The Morgan fingerprint density at radius 1 is 0.471 bits per heavy atom. The summed E-state index contributed by atoms with van der Waals surface area (Å²) >= 11 is 0. The Balaban J connectivity index is 1.41. The number of aromatic hydroxyl groups is 2. The van der Waals surface area contributed by atoms with Crippen LogP contribution in [0.2, 0.25) is 0 Å². The Hall–Kier alpha value is -11.5. The van der Waals surface area contributed by atoms with Gasteiger partial charge in [-0.05, 0) is 162 Å². The average Bonchev–Trinajstić information content (AvgIpc) is 1.76. The van der Waals surface area contributed by atoms with E-state index in [1.807, 2.05) is 0 Å². The third-order valence-electron chi connectivity index (χ3n) is 20.6. The number of rotatable bonds is 50. The number of aliphatic hydroxyl groups is 1. The summed E-state index contributed by atoms with van der Waals surface area (Å²) in [6.45, 7) is 10.5. The van der Waals surface area contributed by atoms with Crippen molar-refractivity contribution < 1.29 is 97.5 Å². The van der Waals surface area contributed by atoms with Gasteiger partial charge in [-0.2, -0.15) is 0 Å². The predicted molar refractivity (Wildman–Crippen MR) is 434 cm³/mol. The number of likely N-dealkylation sites (tertiary alicyclic amines) is 2. The quantitative estimate of drug-likeness (QED) is 0.0170. The third-order valence-corrected chi connectivity index (χ3v) is 20.6. The number of phenols is 2. The van der Waals surface area contributed by atoms with E-state index < -0.39 is 199 Å². The SMILES string of the molecule is CC[C@H](C)[C@H](NC(=O)[C@H](Cc1ccc(O)cc1)NC(=O)[C@@H]1CCCN1C(=O)[C@H](CCCN=C(N)N)NC(=O)[C@H](CCCN=C(N)N)NC(=O)[C@@H]1CCCN1C(=O)[C@H](CCCCN)NC(=O)[C@H](CC(N)=O)NC(=O)[C@H](CCC(=O)O)NC(=O)[C@H](Cc1ccc(O)cc1)NC(=O)[C@H](CC(C)C)NC(=O)[C@@H]1CCC(O)N1)C(=O)N[C@@H](CC(C)C)C(=O)O. The number of aliphatic imine (C=N–C) groups is 2. The van der Waals surface area contributed by atoms with Crippen LogP contribution in [-0.2, 0) is 84.8 Å². The number of primary amides is 1. The minimum atomic E-state index is -1.93. The molecule has 0 spiro atoms. The number of carbonyl (C=O) groups is 15. The van der Waals surface area contributed by atoms with E-state index in [2.05, 4.69) is 68.5 Å². The molecular formula is C78H123N21O20. The standard InChI is InChI=1S/C78H123N21O20/c1-7-43(6)63(73(115)96-57(76(118)119)37-42(4)5)97-70(112)55(39-45-21-25-47(101)26-22-45)95-72(114)59-18-13-35-99(59)75(117)52(16-11-33-86-78(83)84)90-64(106)48(15-10-32-85-77(81)82)89-71(113)58-17-12-34-98(58)74(116)51(14-8-9-31-79)91-69(111)56(40-60(80)102)94-66(108)50(28-30-62(104)105)88-68(110)54(38-44-19-23-46(100)24-20-44)93-67(109)53(36-41(2)3)92-65(107)49-27-29-61(103)87-49/h19-26,41-43,48-59,61,63,87,100-101,103H,7-18,27-40,79H2,1-6H3,(H2,80,102)(H,88,110)(H,89,113)(H,90,106)(H,91,111)(H,92,107)(H,93,109)(H,94,108)(H,95,114)(H,96,115)(H,97,112)(H,104,105)(H,118,119)(H4,81,82,85)(H4,83,84,86)/t43-,48-,49-,50-,51-,52-,53-,54-,55-,56-,57-,58-,59-,61?,63-/m0/s1. The molecule has 3 heterocycles. The van der Waals surface area contributed by atoms with E-state index in [1.54, 1.807) is 41.5 Å². The first-order valence-electron chi connectivity index (χ1n) is 40.5. The number of carbonyl (C=O) groups excluding carboxylic acids is 13. The molecule has 2 aromatic rings. The lowest BCUT2D eigenvalue weighted by atomic mass is 9.96. The van der Waals surface area contributed by atoms with Crippen LogP contribution >= 0.6 is 0 Å². The lowest BCUT2D eigenvalue weighted by molar-refractivity contribution is -0.144. The summed E-state index contributed by atoms with van der Waals surface area (Å²) in [5, 5.41) is 79.0. The molecule has 3 saturated heterocycles. The molecule has 3 aliphatic heterocycles. The number of nitrogens with one attached hydrogen (secondary N) is 11. The lowest BCUT2D eigenvalue weighted by Crippen LogP contribution is -2.61. The average molecular weight is 1670 g/mol. The molecule has 0 aliphatic carbocycles. The smallest absolute Gasteiger partial charge is 0.326 e. The number of nitrogens with two attached hydrogens (primary N) is 6. The van der Waals surface area contributed by atoms with Gasteiger partial charge in [0.2, 0.25) is 76.8 Å². The van der Waals surface area contributed by atoms with Gasteiger partial charge in [0.05, 0.1) is 12.5 Å². The van der Waals surface area contributed by atoms with Crippen LogP contribution in [-0.4, -0.2) is 253 Å². The molecule has 119 heavy (non-hydrogen) atoms. The summed E-state index contributed by atoms with van der Waals surface area (Å²) in [6, 6.07) is -7.19. The number of aliphatic hydroxyl groups excluding tert-OH is 1. The summed E-state index contributed by atoms with van der Waals surface area (Å²) in [4.78, 5) is 222.